The molecule has 0 spiro atoms. The Kier molecular flexibility index (Phi) is 6.32. The molecular weight excluding hydrogens is 200 g/mol. The van der Waals surface area contributed by atoms with Crippen LogP contribution in [-0.2, 0) is 0 Å². The first-order valence-electron chi connectivity index (χ1n) is 6.85. The molecule has 0 unspecified atom stereocenters. The van der Waals surface area contributed by atoms with Crippen LogP contribution in [0, 0.1) is 0 Å². The summed E-state index contributed by atoms with van der Waals surface area (Å²) in [4.78, 5) is 2.44. The van der Waals surface area contributed by atoms with Gasteiger partial charge in [0, 0.05) is 6.54 Å². The summed E-state index contributed by atoms with van der Waals surface area (Å²) in [5.74, 6) is 0. The maximum atomic E-state index is 10.1. The van der Waals surface area contributed by atoms with E-state index in [-0.39, 0.29) is 0 Å². The second kappa shape index (κ2) is 7.25. The first-order valence-corrected chi connectivity index (χ1v) is 6.85. The highest BCUT2D eigenvalue weighted by Gasteiger charge is 2.30. The number of hydrogen-bond donors (Lipinski definition) is 2. The minimum atomic E-state index is -0.394. The smallest absolute Gasteiger partial charge is 0.0771 e. The molecule has 0 heterocycles. The van der Waals surface area contributed by atoms with Gasteiger partial charge in [0.05, 0.1) is 5.60 Å². The summed E-state index contributed by atoms with van der Waals surface area (Å²) in [6.45, 7) is 9.67. The highest BCUT2D eigenvalue weighted by atomic mass is 16.3. The fourth-order valence-electron chi connectivity index (χ4n) is 2.50. The molecule has 1 aliphatic carbocycles. The zero-order valence-electron chi connectivity index (χ0n) is 11.0. The molecule has 0 aromatic rings. The fraction of sp³-hybridized carbons (Fsp3) is 1.00. The lowest BCUT2D eigenvalue weighted by Crippen LogP contribution is -2.39. The summed E-state index contributed by atoms with van der Waals surface area (Å²) >= 11 is 0. The predicted octanol–water partition coefficient (Wildman–Crippen LogP) is 1.61. The van der Waals surface area contributed by atoms with Crippen LogP contribution in [0.4, 0.5) is 0 Å². The molecule has 0 radical (unpaired) electrons. The van der Waals surface area contributed by atoms with E-state index in [2.05, 4.69) is 24.1 Å². The zero-order chi connectivity index (χ0) is 11.9. The minimum absolute atomic E-state index is 0.394. The Balaban J connectivity index is 1.99. The van der Waals surface area contributed by atoms with Gasteiger partial charge in [-0.1, -0.05) is 26.7 Å². The largest absolute Gasteiger partial charge is 0.389 e. The van der Waals surface area contributed by atoms with E-state index in [0.717, 1.165) is 39.0 Å². The number of nitrogens with one attached hydrogen (secondary N) is 1. The molecule has 0 amide bonds. The molecule has 0 aromatic carbocycles. The molecule has 16 heavy (non-hydrogen) atoms. The van der Waals surface area contributed by atoms with Crippen molar-refractivity contribution in [1.29, 1.82) is 0 Å². The van der Waals surface area contributed by atoms with Gasteiger partial charge in [-0.15, -0.1) is 0 Å². The van der Waals surface area contributed by atoms with Crippen molar-refractivity contribution in [1.82, 2.24) is 10.2 Å². The third-order valence-corrected chi connectivity index (χ3v) is 3.71. The van der Waals surface area contributed by atoms with Gasteiger partial charge in [-0.3, -0.25) is 0 Å². The van der Waals surface area contributed by atoms with Crippen LogP contribution in [0.1, 0.15) is 46.0 Å². The van der Waals surface area contributed by atoms with Gasteiger partial charge in [0.2, 0.25) is 0 Å². The summed E-state index contributed by atoms with van der Waals surface area (Å²) in [7, 11) is 0. The first-order chi connectivity index (χ1) is 7.70. The van der Waals surface area contributed by atoms with E-state index in [4.69, 9.17) is 0 Å². The van der Waals surface area contributed by atoms with Gasteiger partial charge in [0.1, 0.15) is 0 Å². The van der Waals surface area contributed by atoms with E-state index in [1.165, 1.54) is 25.8 Å². The lowest BCUT2D eigenvalue weighted by Gasteiger charge is -2.23. The molecule has 0 aromatic heterocycles. The van der Waals surface area contributed by atoms with Crippen LogP contribution in [0.3, 0.4) is 0 Å². The number of nitrogens with zero attached hydrogens (tertiary/aromatic N) is 1. The van der Waals surface area contributed by atoms with Crippen LogP contribution in [-0.4, -0.2) is 48.3 Å². The maximum absolute atomic E-state index is 10.1. The zero-order valence-corrected chi connectivity index (χ0v) is 11.0. The van der Waals surface area contributed by atoms with Gasteiger partial charge >= 0.3 is 0 Å². The Labute approximate surface area is 100 Å². The second-order valence-electron chi connectivity index (χ2n) is 4.99. The highest BCUT2D eigenvalue weighted by Crippen LogP contribution is 2.28. The van der Waals surface area contributed by atoms with E-state index in [1.54, 1.807) is 0 Å². The van der Waals surface area contributed by atoms with Gasteiger partial charge in [0.25, 0.3) is 0 Å². The minimum Gasteiger partial charge on any atom is -0.389 e. The quantitative estimate of drug-likeness (QED) is 0.620. The molecule has 0 bridgehead atoms. The lowest BCUT2D eigenvalue weighted by molar-refractivity contribution is 0.0477. The van der Waals surface area contributed by atoms with Crippen molar-refractivity contribution in [2.75, 3.05) is 32.7 Å². The average molecular weight is 228 g/mol. The second-order valence-corrected chi connectivity index (χ2v) is 4.99. The Hall–Kier alpha value is -0.120. The molecule has 0 atom stereocenters. The SMILES string of the molecule is CCN(CC)CCCNCC1(O)CCCC1. The highest BCUT2D eigenvalue weighted by molar-refractivity contribution is 4.86. The first kappa shape index (κ1) is 13.9. The van der Waals surface area contributed by atoms with Gasteiger partial charge in [-0.25, -0.2) is 0 Å². The molecule has 0 aliphatic heterocycles. The third-order valence-electron chi connectivity index (χ3n) is 3.71. The standard InChI is InChI=1S/C13H28N2O/c1-3-15(4-2)11-7-10-14-12-13(16)8-5-6-9-13/h14,16H,3-12H2,1-2H3. The number of hydrogen-bond acceptors (Lipinski definition) is 3. The summed E-state index contributed by atoms with van der Waals surface area (Å²) in [5.41, 5.74) is -0.394. The summed E-state index contributed by atoms with van der Waals surface area (Å²) in [6.07, 6.45) is 5.53. The van der Waals surface area contributed by atoms with E-state index >= 15 is 0 Å². The van der Waals surface area contributed by atoms with Crippen LogP contribution in [0.2, 0.25) is 0 Å². The molecule has 1 fully saturated rings. The van der Waals surface area contributed by atoms with Gasteiger partial charge < -0.3 is 15.3 Å². The van der Waals surface area contributed by atoms with Crippen LogP contribution in [0.25, 0.3) is 0 Å². The Morgan fingerprint density at radius 1 is 1.19 bits per heavy atom. The molecule has 96 valence electrons. The molecule has 3 heteroatoms. The van der Waals surface area contributed by atoms with E-state index in [0.29, 0.717) is 0 Å². The lowest BCUT2D eigenvalue weighted by atomic mass is 10.0. The summed E-state index contributed by atoms with van der Waals surface area (Å²) < 4.78 is 0. The maximum Gasteiger partial charge on any atom is 0.0771 e. The summed E-state index contributed by atoms with van der Waals surface area (Å²) in [5, 5.41) is 13.5. The molecule has 1 rings (SSSR count). The third kappa shape index (κ3) is 4.81. The molecule has 3 nitrogen and oxygen atoms in total. The van der Waals surface area contributed by atoms with Crippen molar-refractivity contribution in [2.45, 2.75) is 51.6 Å². The monoisotopic (exact) mass is 228 g/mol. The Bertz CT molecular complexity index is 175. The van der Waals surface area contributed by atoms with E-state index in [9.17, 15) is 5.11 Å². The van der Waals surface area contributed by atoms with E-state index < -0.39 is 5.60 Å². The van der Waals surface area contributed by atoms with Crippen LogP contribution < -0.4 is 5.32 Å². The topological polar surface area (TPSA) is 35.5 Å². The normalized spacial score (nSPS) is 19.5. The average Bonchev–Trinajstić information content (AvgIpc) is 2.71. The van der Waals surface area contributed by atoms with Gasteiger partial charge in [-0.05, 0) is 45.4 Å². The van der Waals surface area contributed by atoms with Gasteiger partial charge in [-0.2, -0.15) is 0 Å². The molecule has 0 saturated heterocycles. The van der Waals surface area contributed by atoms with Crippen LogP contribution >= 0.6 is 0 Å². The van der Waals surface area contributed by atoms with Crippen molar-refractivity contribution in [3.8, 4) is 0 Å². The predicted molar refractivity (Wildman–Crippen MR) is 68.7 cm³/mol. The van der Waals surface area contributed by atoms with Crippen LogP contribution in [0.15, 0.2) is 0 Å². The Morgan fingerprint density at radius 2 is 1.81 bits per heavy atom. The van der Waals surface area contributed by atoms with Crippen LogP contribution in [0.5, 0.6) is 0 Å². The number of rotatable bonds is 8. The van der Waals surface area contributed by atoms with Crippen molar-refractivity contribution < 1.29 is 5.11 Å². The van der Waals surface area contributed by atoms with Crippen molar-refractivity contribution >= 4 is 0 Å². The molecule has 2 N–H and O–H groups in total. The van der Waals surface area contributed by atoms with E-state index in [1.807, 2.05) is 0 Å². The van der Waals surface area contributed by atoms with Crippen molar-refractivity contribution in [2.24, 2.45) is 0 Å². The fourth-order valence-corrected chi connectivity index (χ4v) is 2.50. The number of aliphatic hydroxyl groups is 1. The van der Waals surface area contributed by atoms with Gasteiger partial charge in [0.15, 0.2) is 0 Å². The molecule has 1 aliphatic rings. The van der Waals surface area contributed by atoms with Crippen molar-refractivity contribution in [3.63, 3.8) is 0 Å². The summed E-state index contributed by atoms with van der Waals surface area (Å²) in [6, 6.07) is 0. The molecule has 1 saturated carbocycles. The molecular formula is C13H28N2O. The Morgan fingerprint density at radius 3 is 2.38 bits per heavy atom. The van der Waals surface area contributed by atoms with Crippen molar-refractivity contribution in [3.05, 3.63) is 0 Å².